The van der Waals surface area contributed by atoms with Crippen LogP contribution in [0.1, 0.15) is 11.3 Å². The summed E-state index contributed by atoms with van der Waals surface area (Å²) in [5.41, 5.74) is 2.08. The fourth-order valence-corrected chi connectivity index (χ4v) is 1.30. The third-order valence-corrected chi connectivity index (χ3v) is 2.03. The fourth-order valence-electron chi connectivity index (χ4n) is 1.30. The van der Waals surface area contributed by atoms with Crippen molar-refractivity contribution in [2.45, 2.75) is 0 Å². The molecule has 2 heteroatoms. The van der Waals surface area contributed by atoms with Crippen molar-refractivity contribution in [3.63, 3.8) is 0 Å². The molecule has 2 nitrogen and oxygen atoms in total. The highest BCUT2D eigenvalue weighted by Crippen LogP contribution is 2.10. The molecule has 0 unspecified atom stereocenters. The van der Waals surface area contributed by atoms with Gasteiger partial charge in [0.05, 0.1) is 11.3 Å². The SMILES string of the molecule is C#Cc1cn(-c2ccccc2)nc1C#C. The van der Waals surface area contributed by atoms with Gasteiger partial charge in [0.25, 0.3) is 0 Å². The van der Waals surface area contributed by atoms with Gasteiger partial charge in [0.15, 0.2) is 5.69 Å². The van der Waals surface area contributed by atoms with Crippen LogP contribution >= 0.6 is 0 Å². The summed E-state index contributed by atoms with van der Waals surface area (Å²) in [4.78, 5) is 0. The maximum absolute atomic E-state index is 5.32. The Morgan fingerprint density at radius 3 is 2.33 bits per heavy atom. The van der Waals surface area contributed by atoms with E-state index in [1.54, 1.807) is 10.9 Å². The molecule has 1 heterocycles. The monoisotopic (exact) mass is 192 g/mol. The van der Waals surface area contributed by atoms with Crippen LogP contribution in [0.15, 0.2) is 36.5 Å². The van der Waals surface area contributed by atoms with Crippen molar-refractivity contribution in [1.82, 2.24) is 9.78 Å². The lowest BCUT2D eigenvalue weighted by molar-refractivity contribution is 0.874. The molecular formula is C13H8N2. The van der Waals surface area contributed by atoms with Crippen molar-refractivity contribution in [2.75, 3.05) is 0 Å². The number of rotatable bonds is 1. The first kappa shape index (κ1) is 9.12. The number of terminal acetylenes is 2. The summed E-state index contributed by atoms with van der Waals surface area (Å²) in [6, 6.07) is 9.68. The van der Waals surface area contributed by atoms with Crippen LogP contribution in [0, 0.1) is 24.7 Å². The second-order valence-electron chi connectivity index (χ2n) is 2.96. The molecule has 0 atom stereocenters. The van der Waals surface area contributed by atoms with E-state index in [0.29, 0.717) is 11.3 Å². The summed E-state index contributed by atoms with van der Waals surface area (Å²) in [6.45, 7) is 0. The molecular weight excluding hydrogens is 184 g/mol. The predicted octanol–water partition coefficient (Wildman–Crippen LogP) is 1.83. The topological polar surface area (TPSA) is 17.8 Å². The smallest absolute Gasteiger partial charge is 0.151 e. The minimum Gasteiger partial charge on any atom is -0.238 e. The molecule has 0 saturated carbocycles. The van der Waals surface area contributed by atoms with Gasteiger partial charge in [0.2, 0.25) is 0 Å². The number of hydrogen-bond acceptors (Lipinski definition) is 1. The van der Waals surface area contributed by atoms with Crippen LogP contribution in [0.2, 0.25) is 0 Å². The van der Waals surface area contributed by atoms with E-state index in [-0.39, 0.29) is 0 Å². The van der Waals surface area contributed by atoms with Crippen LogP contribution in [0.25, 0.3) is 5.69 Å². The summed E-state index contributed by atoms with van der Waals surface area (Å²) in [5.74, 6) is 4.97. The van der Waals surface area contributed by atoms with Gasteiger partial charge in [-0.3, -0.25) is 0 Å². The van der Waals surface area contributed by atoms with Gasteiger partial charge in [-0.2, -0.15) is 5.10 Å². The van der Waals surface area contributed by atoms with Crippen molar-refractivity contribution < 1.29 is 0 Å². The molecule has 0 radical (unpaired) electrons. The van der Waals surface area contributed by atoms with E-state index >= 15 is 0 Å². The third kappa shape index (κ3) is 1.61. The molecule has 0 amide bonds. The molecule has 0 aliphatic carbocycles. The number of aromatic nitrogens is 2. The molecule has 1 aromatic heterocycles. The van der Waals surface area contributed by atoms with Crippen molar-refractivity contribution in [2.24, 2.45) is 0 Å². The van der Waals surface area contributed by atoms with Gasteiger partial charge in [-0.15, -0.1) is 12.8 Å². The van der Waals surface area contributed by atoms with Crippen LogP contribution in [-0.2, 0) is 0 Å². The highest BCUT2D eigenvalue weighted by molar-refractivity contribution is 5.45. The van der Waals surface area contributed by atoms with Crippen molar-refractivity contribution in [3.8, 4) is 30.4 Å². The van der Waals surface area contributed by atoms with E-state index in [0.717, 1.165) is 5.69 Å². The predicted molar refractivity (Wildman–Crippen MR) is 59.4 cm³/mol. The average Bonchev–Trinajstić information content (AvgIpc) is 2.73. The van der Waals surface area contributed by atoms with E-state index in [9.17, 15) is 0 Å². The normalized spacial score (nSPS) is 9.20. The molecule has 2 rings (SSSR count). The van der Waals surface area contributed by atoms with Crippen LogP contribution in [-0.4, -0.2) is 9.78 Å². The summed E-state index contributed by atoms with van der Waals surface area (Å²) in [7, 11) is 0. The first-order valence-electron chi connectivity index (χ1n) is 4.43. The Hall–Kier alpha value is -2.45. The molecule has 0 aliphatic heterocycles. The van der Waals surface area contributed by atoms with Gasteiger partial charge >= 0.3 is 0 Å². The van der Waals surface area contributed by atoms with Gasteiger partial charge < -0.3 is 0 Å². The van der Waals surface area contributed by atoms with E-state index in [2.05, 4.69) is 16.9 Å². The first-order valence-corrected chi connectivity index (χ1v) is 4.43. The second-order valence-corrected chi connectivity index (χ2v) is 2.96. The molecule has 0 N–H and O–H groups in total. The molecule has 0 aliphatic rings. The van der Waals surface area contributed by atoms with Crippen molar-refractivity contribution >= 4 is 0 Å². The third-order valence-electron chi connectivity index (χ3n) is 2.03. The lowest BCUT2D eigenvalue weighted by Crippen LogP contribution is -1.93. The average molecular weight is 192 g/mol. The number of nitrogens with zero attached hydrogens (tertiary/aromatic N) is 2. The summed E-state index contributed by atoms with van der Waals surface area (Å²) in [5, 5.41) is 4.21. The zero-order chi connectivity index (χ0) is 10.7. The van der Waals surface area contributed by atoms with Crippen molar-refractivity contribution in [1.29, 1.82) is 0 Å². The molecule has 0 fully saturated rings. The Morgan fingerprint density at radius 2 is 1.80 bits per heavy atom. The highest BCUT2D eigenvalue weighted by atomic mass is 15.3. The minimum atomic E-state index is 0.501. The largest absolute Gasteiger partial charge is 0.238 e. The lowest BCUT2D eigenvalue weighted by atomic mass is 10.3. The Balaban J connectivity index is 2.54. The molecule has 0 saturated heterocycles. The van der Waals surface area contributed by atoms with Gasteiger partial charge in [-0.25, -0.2) is 4.68 Å². The summed E-state index contributed by atoms with van der Waals surface area (Å²) in [6.07, 6.45) is 12.4. The van der Waals surface area contributed by atoms with Crippen LogP contribution in [0.5, 0.6) is 0 Å². The zero-order valence-electron chi connectivity index (χ0n) is 8.01. The molecule has 70 valence electrons. The van der Waals surface area contributed by atoms with Crippen LogP contribution in [0.3, 0.4) is 0 Å². The van der Waals surface area contributed by atoms with E-state index in [1.807, 2.05) is 30.3 Å². The Morgan fingerprint density at radius 1 is 1.07 bits per heavy atom. The maximum Gasteiger partial charge on any atom is 0.151 e. The van der Waals surface area contributed by atoms with Gasteiger partial charge in [0, 0.05) is 6.20 Å². The lowest BCUT2D eigenvalue weighted by Gasteiger charge is -1.98. The van der Waals surface area contributed by atoms with E-state index < -0.39 is 0 Å². The van der Waals surface area contributed by atoms with Crippen LogP contribution < -0.4 is 0 Å². The van der Waals surface area contributed by atoms with E-state index in [4.69, 9.17) is 12.8 Å². The summed E-state index contributed by atoms with van der Waals surface area (Å²) < 4.78 is 1.68. The molecule has 15 heavy (non-hydrogen) atoms. The second kappa shape index (κ2) is 3.74. The standard InChI is InChI=1S/C13H8N2/c1-3-11-10-15(14-13(11)4-2)12-8-6-5-7-9-12/h1-2,5-10H. The fraction of sp³-hybridized carbons (Fsp3) is 0. The summed E-state index contributed by atoms with van der Waals surface area (Å²) >= 11 is 0. The Kier molecular flexibility index (Phi) is 2.27. The number of benzene rings is 1. The highest BCUT2D eigenvalue weighted by Gasteiger charge is 2.04. The van der Waals surface area contributed by atoms with E-state index in [1.165, 1.54) is 0 Å². The molecule has 0 bridgehead atoms. The van der Waals surface area contributed by atoms with Crippen molar-refractivity contribution in [3.05, 3.63) is 47.8 Å². The zero-order valence-corrected chi connectivity index (χ0v) is 8.01. The maximum atomic E-state index is 5.32. The number of para-hydroxylation sites is 1. The quantitative estimate of drug-likeness (QED) is 0.630. The number of hydrogen-bond donors (Lipinski definition) is 0. The molecule has 0 spiro atoms. The molecule has 2 aromatic rings. The molecule has 1 aromatic carbocycles. The van der Waals surface area contributed by atoms with Crippen LogP contribution in [0.4, 0.5) is 0 Å². The Labute approximate surface area is 88.6 Å². The van der Waals surface area contributed by atoms with Gasteiger partial charge in [0.1, 0.15) is 0 Å². The minimum absolute atomic E-state index is 0.501. The van der Waals surface area contributed by atoms with Gasteiger partial charge in [-0.1, -0.05) is 24.1 Å². The Bertz CT molecular complexity index is 519. The first-order chi connectivity index (χ1) is 7.35. The van der Waals surface area contributed by atoms with Gasteiger partial charge in [-0.05, 0) is 18.1 Å².